The molecule has 214 valence electrons. The number of aromatic nitrogens is 5. The number of pyridine rings is 2. The standard InChI is InChI=1S/C32H33N7O3/c1-21-8-5-9-22-16-18-34-29(27(21)22)38(25-10-7-19-37(20-25)31(41)42-32(2,3)4)30(40)23-12-14-24(15-13-23)39-28-26(35-36-39)11-6-17-33-28/h5-6,8-9,11-18,25H,7,10,19-20H2,1-4H3/t25-/m1/s1. The Bertz CT molecular complexity index is 1770. The molecule has 0 aliphatic carbocycles. The predicted octanol–water partition coefficient (Wildman–Crippen LogP) is 5.72. The minimum Gasteiger partial charge on any atom is -0.444 e. The molecule has 42 heavy (non-hydrogen) atoms. The van der Waals surface area contributed by atoms with E-state index in [-0.39, 0.29) is 18.0 Å². The number of ether oxygens (including phenoxy) is 1. The third-order valence-corrected chi connectivity index (χ3v) is 7.41. The van der Waals surface area contributed by atoms with Gasteiger partial charge in [-0.1, -0.05) is 23.4 Å². The van der Waals surface area contributed by atoms with Crippen LogP contribution >= 0.6 is 0 Å². The Labute approximate surface area is 243 Å². The van der Waals surface area contributed by atoms with Crippen LogP contribution in [-0.2, 0) is 4.74 Å². The molecule has 0 radical (unpaired) electrons. The third-order valence-electron chi connectivity index (χ3n) is 7.41. The summed E-state index contributed by atoms with van der Waals surface area (Å²) in [4.78, 5) is 40.1. The zero-order valence-corrected chi connectivity index (χ0v) is 24.2. The number of carbonyl (C=O) groups is 2. The lowest BCUT2D eigenvalue weighted by Crippen LogP contribution is -2.53. The molecule has 3 aromatic heterocycles. The highest BCUT2D eigenvalue weighted by Crippen LogP contribution is 2.32. The molecule has 10 nitrogen and oxygen atoms in total. The minimum atomic E-state index is -0.611. The maximum absolute atomic E-state index is 14.4. The molecule has 0 unspecified atom stereocenters. The van der Waals surface area contributed by atoms with Crippen molar-refractivity contribution in [1.29, 1.82) is 0 Å². The number of amides is 2. The van der Waals surface area contributed by atoms with E-state index in [0.717, 1.165) is 34.9 Å². The lowest BCUT2D eigenvalue weighted by molar-refractivity contribution is 0.0196. The van der Waals surface area contributed by atoms with Crippen LogP contribution in [0.4, 0.5) is 10.6 Å². The average molecular weight is 564 g/mol. The van der Waals surface area contributed by atoms with Gasteiger partial charge in [-0.25, -0.2) is 14.8 Å². The second-order valence-corrected chi connectivity index (χ2v) is 11.6. The summed E-state index contributed by atoms with van der Waals surface area (Å²) in [7, 11) is 0. The van der Waals surface area contributed by atoms with Crippen molar-refractivity contribution in [1.82, 2.24) is 29.9 Å². The first kappa shape index (κ1) is 27.3. The number of piperidine rings is 1. The summed E-state index contributed by atoms with van der Waals surface area (Å²) < 4.78 is 7.32. The molecular formula is C32H33N7O3. The fourth-order valence-corrected chi connectivity index (χ4v) is 5.49. The first-order chi connectivity index (χ1) is 20.2. The molecule has 1 atom stereocenters. The Kier molecular flexibility index (Phi) is 7.06. The van der Waals surface area contributed by atoms with Crippen molar-refractivity contribution in [2.45, 2.75) is 52.2 Å². The molecule has 2 aromatic carbocycles. The van der Waals surface area contributed by atoms with Crippen LogP contribution < -0.4 is 4.90 Å². The van der Waals surface area contributed by atoms with E-state index < -0.39 is 5.60 Å². The maximum atomic E-state index is 14.4. The fourth-order valence-electron chi connectivity index (χ4n) is 5.49. The highest BCUT2D eigenvalue weighted by molar-refractivity contribution is 6.11. The molecule has 1 saturated heterocycles. The molecular weight excluding hydrogens is 530 g/mol. The molecule has 10 heteroatoms. The van der Waals surface area contributed by atoms with E-state index in [1.54, 1.807) is 39.0 Å². The van der Waals surface area contributed by atoms with Crippen molar-refractivity contribution in [2.24, 2.45) is 0 Å². The molecule has 1 fully saturated rings. The van der Waals surface area contributed by atoms with Crippen LogP contribution in [0.2, 0.25) is 0 Å². The van der Waals surface area contributed by atoms with E-state index in [1.807, 2.05) is 76.2 Å². The Hall–Kier alpha value is -4.86. The van der Waals surface area contributed by atoms with Crippen molar-refractivity contribution in [3.8, 4) is 5.69 Å². The highest BCUT2D eigenvalue weighted by atomic mass is 16.6. The lowest BCUT2D eigenvalue weighted by atomic mass is 10.0. The number of fused-ring (bicyclic) bond motifs is 2. The first-order valence-electron chi connectivity index (χ1n) is 14.1. The number of likely N-dealkylation sites (tertiary alicyclic amines) is 1. The van der Waals surface area contributed by atoms with E-state index in [1.165, 1.54) is 0 Å². The zero-order chi connectivity index (χ0) is 29.4. The molecule has 0 spiro atoms. The van der Waals surface area contributed by atoms with Crippen molar-refractivity contribution < 1.29 is 14.3 Å². The molecule has 2 amide bonds. The summed E-state index contributed by atoms with van der Waals surface area (Å²) >= 11 is 0. The fraction of sp³-hybridized carbons (Fsp3) is 0.312. The zero-order valence-electron chi connectivity index (χ0n) is 24.2. The summed E-state index contributed by atoms with van der Waals surface area (Å²) in [6, 6.07) is 18.6. The second kappa shape index (κ2) is 10.8. The van der Waals surface area contributed by atoms with E-state index in [4.69, 9.17) is 9.72 Å². The van der Waals surface area contributed by atoms with E-state index >= 15 is 0 Å². The van der Waals surface area contributed by atoms with Crippen LogP contribution in [0.1, 0.15) is 49.5 Å². The van der Waals surface area contributed by atoms with Crippen LogP contribution in [0, 0.1) is 6.92 Å². The van der Waals surface area contributed by atoms with E-state index in [0.29, 0.717) is 35.6 Å². The number of carbonyl (C=O) groups excluding carboxylic acids is 2. The van der Waals surface area contributed by atoms with Crippen molar-refractivity contribution in [3.63, 3.8) is 0 Å². The molecule has 5 aromatic rings. The van der Waals surface area contributed by atoms with Gasteiger partial charge < -0.3 is 9.64 Å². The number of rotatable bonds is 4. The van der Waals surface area contributed by atoms with Gasteiger partial charge in [0.05, 0.1) is 11.7 Å². The minimum absolute atomic E-state index is 0.192. The average Bonchev–Trinajstić information content (AvgIpc) is 3.41. The van der Waals surface area contributed by atoms with Crippen LogP contribution in [0.25, 0.3) is 27.6 Å². The van der Waals surface area contributed by atoms with Crippen molar-refractivity contribution in [3.05, 3.63) is 84.2 Å². The number of benzene rings is 2. The van der Waals surface area contributed by atoms with Crippen LogP contribution in [-0.4, -0.2) is 66.6 Å². The SMILES string of the molecule is Cc1cccc2ccnc(N(C(=O)c3ccc(-n4nnc5cccnc54)cc3)[C@@H]3CCCN(C(=O)OC(C)(C)C)C3)c12. The lowest BCUT2D eigenvalue weighted by Gasteiger charge is -2.39. The summed E-state index contributed by atoms with van der Waals surface area (Å²) in [6.45, 7) is 8.51. The van der Waals surface area contributed by atoms with Gasteiger partial charge in [-0.3, -0.25) is 9.69 Å². The summed E-state index contributed by atoms with van der Waals surface area (Å²) in [5.41, 5.74) is 2.98. The maximum Gasteiger partial charge on any atom is 0.410 e. The molecule has 1 aliphatic rings. The van der Waals surface area contributed by atoms with Gasteiger partial charge >= 0.3 is 6.09 Å². The number of hydrogen-bond donors (Lipinski definition) is 0. The Morgan fingerprint density at radius 2 is 1.79 bits per heavy atom. The van der Waals surface area contributed by atoms with Crippen LogP contribution in [0.15, 0.2) is 73.1 Å². The number of aryl methyl sites for hydroxylation is 1. The molecule has 1 aliphatic heterocycles. The summed E-state index contributed by atoms with van der Waals surface area (Å²) in [5, 5.41) is 10.3. The largest absolute Gasteiger partial charge is 0.444 e. The van der Waals surface area contributed by atoms with Gasteiger partial charge in [0.2, 0.25) is 0 Å². The Morgan fingerprint density at radius 1 is 0.976 bits per heavy atom. The highest BCUT2D eigenvalue weighted by Gasteiger charge is 2.35. The Balaban J connectivity index is 1.38. The van der Waals surface area contributed by atoms with Crippen LogP contribution in [0.5, 0.6) is 0 Å². The summed E-state index contributed by atoms with van der Waals surface area (Å²) in [5.74, 6) is 0.393. The third kappa shape index (κ3) is 5.27. The van der Waals surface area contributed by atoms with Crippen molar-refractivity contribution >= 4 is 39.8 Å². The molecule has 0 saturated carbocycles. The second-order valence-electron chi connectivity index (χ2n) is 11.6. The number of anilines is 1. The summed E-state index contributed by atoms with van der Waals surface area (Å²) in [6.07, 6.45) is 4.52. The van der Waals surface area contributed by atoms with Gasteiger partial charge in [0.15, 0.2) is 5.65 Å². The smallest absolute Gasteiger partial charge is 0.410 e. The normalized spacial score (nSPS) is 15.6. The molecule has 0 N–H and O–H groups in total. The van der Waals surface area contributed by atoms with Gasteiger partial charge in [-0.2, -0.15) is 4.68 Å². The number of nitrogens with zero attached hydrogens (tertiary/aromatic N) is 7. The monoisotopic (exact) mass is 563 g/mol. The topological polar surface area (TPSA) is 106 Å². The van der Waals surface area contributed by atoms with Crippen molar-refractivity contribution in [2.75, 3.05) is 18.0 Å². The Morgan fingerprint density at radius 3 is 2.57 bits per heavy atom. The van der Waals surface area contributed by atoms with Gasteiger partial charge in [0.1, 0.15) is 16.9 Å². The molecule has 0 bridgehead atoms. The van der Waals surface area contributed by atoms with Crippen LogP contribution in [0.3, 0.4) is 0 Å². The molecule has 4 heterocycles. The van der Waals surface area contributed by atoms with Gasteiger partial charge in [0.25, 0.3) is 5.91 Å². The predicted molar refractivity (Wildman–Crippen MR) is 161 cm³/mol. The first-order valence-corrected chi connectivity index (χ1v) is 14.1. The van der Waals surface area contributed by atoms with Gasteiger partial charge in [-0.05, 0) is 94.0 Å². The van der Waals surface area contributed by atoms with E-state index in [2.05, 4.69) is 15.3 Å². The van der Waals surface area contributed by atoms with E-state index in [9.17, 15) is 9.59 Å². The number of hydrogen-bond acceptors (Lipinski definition) is 7. The molecule has 6 rings (SSSR count). The quantitative estimate of drug-likeness (QED) is 0.275. The van der Waals surface area contributed by atoms with Gasteiger partial charge in [0, 0.05) is 36.4 Å². The van der Waals surface area contributed by atoms with Gasteiger partial charge in [-0.15, -0.1) is 5.10 Å².